The van der Waals surface area contributed by atoms with Crippen LogP contribution in [0.1, 0.15) is 32.6 Å². The lowest BCUT2D eigenvalue weighted by atomic mass is 10.3. The van der Waals surface area contributed by atoms with E-state index in [-0.39, 0.29) is 6.03 Å². The lowest BCUT2D eigenvalue weighted by molar-refractivity contribution is 0.129. The van der Waals surface area contributed by atoms with Crippen molar-refractivity contribution in [2.45, 2.75) is 32.6 Å². The molecule has 0 atom stereocenters. The van der Waals surface area contributed by atoms with E-state index in [0.29, 0.717) is 37.1 Å². The number of benzene rings is 1. The molecule has 0 unspecified atom stereocenters. The summed E-state index contributed by atoms with van der Waals surface area (Å²) in [5.41, 5.74) is 0. The van der Waals surface area contributed by atoms with E-state index in [0.717, 1.165) is 32.3 Å². The van der Waals surface area contributed by atoms with Gasteiger partial charge in [0.1, 0.15) is 5.75 Å². The van der Waals surface area contributed by atoms with Crippen molar-refractivity contribution >= 4 is 17.6 Å². The highest BCUT2D eigenvalue weighted by molar-refractivity contribution is 6.32. The van der Waals surface area contributed by atoms with Crippen molar-refractivity contribution in [1.29, 1.82) is 0 Å². The van der Waals surface area contributed by atoms with E-state index < -0.39 is 0 Å². The van der Waals surface area contributed by atoms with E-state index in [1.807, 2.05) is 18.2 Å². The molecule has 0 fully saturated rings. The van der Waals surface area contributed by atoms with Crippen molar-refractivity contribution in [3.05, 3.63) is 29.3 Å². The number of unbranched alkanes of at least 4 members (excludes halogenated alkanes) is 1. The number of halogens is 1. The van der Waals surface area contributed by atoms with Crippen LogP contribution in [0.15, 0.2) is 24.3 Å². The zero-order valence-corrected chi connectivity index (χ0v) is 14.5. The van der Waals surface area contributed by atoms with E-state index in [1.54, 1.807) is 6.07 Å². The number of rotatable bonds is 12. The molecule has 130 valence electrons. The molecule has 2 amide bonds. The monoisotopic (exact) mass is 342 g/mol. The first-order valence-corrected chi connectivity index (χ1v) is 8.58. The molecule has 0 saturated heterocycles. The van der Waals surface area contributed by atoms with Gasteiger partial charge in [-0.05, 0) is 31.4 Å². The van der Waals surface area contributed by atoms with Gasteiger partial charge in [-0.1, -0.05) is 37.1 Å². The van der Waals surface area contributed by atoms with Crippen LogP contribution in [0.4, 0.5) is 4.79 Å². The molecule has 23 heavy (non-hydrogen) atoms. The number of amides is 2. The van der Waals surface area contributed by atoms with Crippen molar-refractivity contribution < 1.29 is 14.3 Å². The van der Waals surface area contributed by atoms with Gasteiger partial charge in [0.05, 0.1) is 11.6 Å². The predicted octanol–water partition coefficient (Wildman–Crippen LogP) is 3.61. The Bertz CT molecular complexity index is 444. The van der Waals surface area contributed by atoms with E-state index in [2.05, 4.69) is 17.6 Å². The summed E-state index contributed by atoms with van der Waals surface area (Å²) in [5.74, 6) is 0.668. The minimum absolute atomic E-state index is 0.156. The van der Waals surface area contributed by atoms with Crippen molar-refractivity contribution in [1.82, 2.24) is 10.6 Å². The Hall–Kier alpha value is -1.46. The predicted molar refractivity (Wildman–Crippen MR) is 93.3 cm³/mol. The van der Waals surface area contributed by atoms with Crippen LogP contribution in [0.25, 0.3) is 0 Å². The van der Waals surface area contributed by atoms with Crippen LogP contribution < -0.4 is 15.4 Å². The van der Waals surface area contributed by atoms with Gasteiger partial charge in [-0.3, -0.25) is 0 Å². The lowest BCUT2D eigenvalue weighted by Gasteiger charge is -2.09. The second kappa shape index (κ2) is 13.0. The van der Waals surface area contributed by atoms with E-state index in [1.165, 1.54) is 0 Å². The topological polar surface area (TPSA) is 59.6 Å². The van der Waals surface area contributed by atoms with Gasteiger partial charge in [0.15, 0.2) is 0 Å². The molecule has 2 N–H and O–H groups in total. The minimum atomic E-state index is -0.156. The second-order valence-electron chi connectivity index (χ2n) is 5.13. The SMILES string of the molecule is CCCCOCCCNC(=O)NCCCOc1ccccc1Cl. The minimum Gasteiger partial charge on any atom is -0.492 e. The third-order valence-corrected chi connectivity index (χ3v) is 3.41. The van der Waals surface area contributed by atoms with Gasteiger partial charge in [-0.25, -0.2) is 4.79 Å². The first kappa shape index (κ1) is 19.6. The fraction of sp³-hybridized carbons (Fsp3) is 0.588. The molecule has 0 aromatic heterocycles. The third kappa shape index (κ3) is 10.0. The Kier molecular flexibility index (Phi) is 11.1. The maximum absolute atomic E-state index is 11.5. The van der Waals surface area contributed by atoms with Crippen LogP contribution in [0.3, 0.4) is 0 Å². The van der Waals surface area contributed by atoms with Crippen LogP contribution in [0.5, 0.6) is 5.75 Å². The van der Waals surface area contributed by atoms with Gasteiger partial charge in [0.25, 0.3) is 0 Å². The van der Waals surface area contributed by atoms with E-state index >= 15 is 0 Å². The van der Waals surface area contributed by atoms with Gasteiger partial charge >= 0.3 is 6.03 Å². The fourth-order valence-electron chi connectivity index (χ4n) is 1.81. The highest BCUT2D eigenvalue weighted by atomic mass is 35.5. The zero-order chi connectivity index (χ0) is 16.8. The van der Waals surface area contributed by atoms with Crippen molar-refractivity contribution in [2.75, 3.05) is 32.9 Å². The van der Waals surface area contributed by atoms with E-state index in [4.69, 9.17) is 21.1 Å². The number of carbonyl (C=O) groups is 1. The van der Waals surface area contributed by atoms with Gasteiger partial charge in [-0.2, -0.15) is 0 Å². The molecule has 1 aromatic carbocycles. The Morgan fingerprint density at radius 3 is 2.39 bits per heavy atom. The summed E-state index contributed by atoms with van der Waals surface area (Å²) >= 11 is 5.98. The number of para-hydroxylation sites is 1. The molecule has 1 aromatic rings. The molecule has 0 bridgehead atoms. The number of hydrogen-bond acceptors (Lipinski definition) is 3. The molecule has 0 aliphatic rings. The Balaban J connectivity index is 1.93. The lowest BCUT2D eigenvalue weighted by Crippen LogP contribution is -2.37. The first-order chi connectivity index (χ1) is 11.2. The number of ether oxygens (including phenoxy) is 2. The average molecular weight is 343 g/mol. The maximum atomic E-state index is 11.5. The smallest absolute Gasteiger partial charge is 0.314 e. The Morgan fingerprint density at radius 2 is 1.70 bits per heavy atom. The molecule has 0 radical (unpaired) electrons. The van der Waals surface area contributed by atoms with Crippen molar-refractivity contribution in [2.24, 2.45) is 0 Å². The molecule has 0 saturated carbocycles. The number of hydrogen-bond donors (Lipinski definition) is 2. The summed E-state index contributed by atoms with van der Waals surface area (Å²) in [4.78, 5) is 11.5. The van der Waals surface area contributed by atoms with Crippen LogP contribution >= 0.6 is 11.6 Å². The van der Waals surface area contributed by atoms with Gasteiger partial charge in [-0.15, -0.1) is 0 Å². The zero-order valence-electron chi connectivity index (χ0n) is 13.8. The largest absolute Gasteiger partial charge is 0.492 e. The molecule has 5 nitrogen and oxygen atoms in total. The number of nitrogens with one attached hydrogen (secondary N) is 2. The van der Waals surface area contributed by atoms with Gasteiger partial charge in [0, 0.05) is 26.3 Å². The first-order valence-electron chi connectivity index (χ1n) is 8.20. The van der Waals surface area contributed by atoms with Crippen molar-refractivity contribution in [3.8, 4) is 5.75 Å². The second-order valence-corrected chi connectivity index (χ2v) is 5.54. The summed E-state index contributed by atoms with van der Waals surface area (Å²) in [6.07, 6.45) is 3.77. The van der Waals surface area contributed by atoms with Crippen LogP contribution in [0.2, 0.25) is 5.02 Å². The van der Waals surface area contributed by atoms with Crippen LogP contribution in [0, 0.1) is 0 Å². The molecular weight excluding hydrogens is 316 g/mol. The molecule has 0 heterocycles. The summed E-state index contributed by atoms with van der Waals surface area (Å²) in [6, 6.07) is 7.19. The molecule has 1 rings (SSSR count). The highest BCUT2D eigenvalue weighted by Crippen LogP contribution is 2.22. The van der Waals surface area contributed by atoms with Crippen LogP contribution in [-0.2, 0) is 4.74 Å². The number of urea groups is 1. The molecular formula is C17H27ClN2O3. The van der Waals surface area contributed by atoms with Crippen molar-refractivity contribution in [3.63, 3.8) is 0 Å². The number of carbonyl (C=O) groups excluding carboxylic acids is 1. The molecule has 0 aliphatic carbocycles. The highest BCUT2D eigenvalue weighted by Gasteiger charge is 2.01. The standard InChI is InChI=1S/C17H27ClN2O3/c1-2-3-12-22-13-6-10-19-17(21)20-11-7-14-23-16-9-5-4-8-15(16)18/h4-5,8-9H,2-3,6-7,10-14H2,1H3,(H2,19,20,21). The molecule has 0 spiro atoms. The van der Waals surface area contributed by atoms with E-state index in [9.17, 15) is 4.79 Å². The van der Waals surface area contributed by atoms with Crippen LogP contribution in [-0.4, -0.2) is 38.9 Å². The summed E-state index contributed by atoms with van der Waals surface area (Å²) in [5, 5.41) is 6.19. The summed E-state index contributed by atoms with van der Waals surface area (Å²) < 4.78 is 11.0. The molecule has 0 aliphatic heterocycles. The quantitative estimate of drug-likeness (QED) is 0.570. The summed E-state index contributed by atoms with van der Waals surface area (Å²) in [7, 11) is 0. The third-order valence-electron chi connectivity index (χ3n) is 3.09. The van der Waals surface area contributed by atoms with Gasteiger partial charge in [0.2, 0.25) is 0 Å². The Morgan fingerprint density at radius 1 is 1.04 bits per heavy atom. The average Bonchev–Trinajstić information content (AvgIpc) is 2.55. The normalized spacial score (nSPS) is 10.3. The molecule has 6 heteroatoms. The summed E-state index contributed by atoms with van der Waals surface area (Å²) in [6.45, 7) is 5.31. The Labute approximate surface area is 143 Å². The van der Waals surface area contributed by atoms with Gasteiger partial charge < -0.3 is 20.1 Å². The maximum Gasteiger partial charge on any atom is 0.314 e. The fourth-order valence-corrected chi connectivity index (χ4v) is 2.00.